The van der Waals surface area contributed by atoms with Crippen LogP contribution in [0.25, 0.3) is 0 Å². The first-order valence-electron chi connectivity index (χ1n) is 10.0. The highest BCUT2D eigenvalue weighted by molar-refractivity contribution is 6.09. The normalized spacial score (nSPS) is 25.1. The van der Waals surface area contributed by atoms with Crippen LogP contribution in [0, 0.1) is 5.92 Å². The van der Waals surface area contributed by atoms with Gasteiger partial charge in [0.05, 0.1) is 0 Å². The van der Waals surface area contributed by atoms with Crippen LogP contribution in [0.4, 0.5) is 4.79 Å². The lowest BCUT2D eigenvalue weighted by Crippen LogP contribution is -2.53. The molecule has 3 fully saturated rings. The Morgan fingerprint density at radius 1 is 1.19 bits per heavy atom. The number of urea groups is 1. The third-order valence-electron chi connectivity index (χ3n) is 5.89. The molecule has 150 valence electrons. The zero-order chi connectivity index (χ0) is 19.6. The standard InChI is InChI=1S/C19H30N4O4/c1-13(2)16(25)20-14-7-6-10-22(11-14)15(24)12-23-17(26)19(21-18(23)27)8-4-3-5-9-19/h13-14H,3-12H2,1-2H3,(H,20,25)(H,21,27). The molecule has 0 bridgehead atoms. The summed E-state index contributed by atoms with van der Waals surface area (Å²) in [6, 6.07) is -0.540. The third kappa shape index (κ3) is 4.09. The summed E-state index contributed by atoms with van der Waals surface area (Å²) in [7, 11) is 0. The fraction of sp³-hybridized carbons (Fsp3) is 0.789. The van der Waals surface area contributed by atoms with Gasteiger partial charge in [-0.3, -0.25) is 19.3 Å². The predicted molar refractivity (Wildman–Crippen MR) is 98.6 cm³/mol. The van der Waals surface area contributed by atoms with Crippen molar-refractivity contribution in [1.82, 2.24) is 20.4 Å². The Bertz CT molecular complexity index is 627. The minimum atomic E-state index is -0.800. The summed E-state index contributed by atoms with van der Waals surface area (Å²) in [5.41, 5.74) is -0.800. The molecule has 1 saturated carbocycles. The number of nitrogens with zero attached hydrogens (tertiary/aromatic N) is 2. The van der Waals surface area contributed by atoms with E-state index in [1.807, 2.05) is 13.8 Å². The molecule has 1 spiro atoms. The van der Waals surface area contributed by atoms with E-state index in [1.165, 1.54) is 0 Å². The van der Waals surface area contributed by atoms with E-state index in [-0.39, 0.29) is 36.2 Å². The first kappa shape index (κ1) is 19.6. The van der Waals surface area contributed by atoms with Gasteiger partial charge >= 0.3 is 6.03 Å². The largest absolute Gasteiger partial charge is 0.351 e. The van der Waals surface area contributed by atoms with Crippen LogP contribution in [0.1, 0.15) is 58.8 Å². The van der Waals surface area contributed by atoms with Crippen LogP contribution >= 0.6 is 0 Å². The van der Waals surface area contributed by atoms with Crippen LogP contribution in [0.5, 0.6) is 0 Å². The summed E-state index contributed by atoms with van der Waals surface area (Å²) >= 11 is 0. The number of piperidine rings is 1. The van der Waals surface area contributed by atoms with Crippen LogP contribution < -0.4 is 10.6 Å². The van der Waals surface area contributed by atoms with Crippen molar-refractivity contribution in [3.8, 4) is 0 Å². The van der Waals surface area contributed by atoms with Gasteiger partial charge in [0, 0.05) is 25.0 Å². The van der Waals surface area contributed by atoms with Crippen LogP contribution in [-0.2, 0) is 14.4 Å². The highest BCUT2D eigenvalue weighted by Gasteiger charge is 2.51. The number of hydrogen-bond acceptors (Lipinski definition) is 4. The second kappa shape index (κ2) is 7.86. The molecular weight excluding hydrogens is 348 g/mol. The first-order chi connectivity index (χ1) is 12.8. The molecule has 1 aliphatic carbocycles. The maximum Gasteiger partial charge on any atom is 0.325 e. The summed E-state index contributed by atoms with van der Waals surface area (Å²) in [5, 5.41) is 5.80. The van der Waals surface area contributed by atoms with Gasteiger partial charge in [0.25, 0.3) is 5.91 Å². The Kier molecular flexibility index (Phi) is 5.72. The van der Waals surface area contributed by atoms with Gasteiger partial charge < -0.3 is 15.5 Å². The molecule has 2 heterocycles. The molecule has 2 aliphatic heterocycles. The molecule has 1 atom stereocenters. The van der Waals surface area contributed by atoms with Crippen LogP contribution in [-0.4, -0.2) is 64.8 Å². The lowest BCUT2D eigenvalue weighted by atomic mass is 9.82. The monoisotopic (exact) mass is 378 g/mol. The summed E-state index contributed by atoms with van der Waals surface area (Å²) in [6.45, 7) is 4.45. The molecule has 2 saturated heterocycles. The summed E-state index contributed by atoms with van der Waals surface area (Å²) in [5.74, 6) is -0.631. The Hall–Kier alpha value is -2.12. The molecule has 27 heavy (non-hydrogen) atoms. The van der Waals surface area contributed by atoms with Gasteiger partial charge in [-0.1, -0.05) is 33.1 Å². The molecule has 3 rings (SSSR count). The quantitative estimate of drug-likeness (QED) is 0.713. The fourth-order valence-electron chi connectivity index (χ4n) is 4.24. The average molecular weight is 378 g/mol. The van der Waals surface area contributed by atoms with Gasteiger partial charge in [0.15, 0.2) is 0 Å². The number of rotatable bonds is 4. The first-order valence-corrected chi connectivity index (χ1v) is 10.0. The number of carbonyl (C=O) groups is 4. The smallest absolute Gasteiger partial charge is 0.325 e. The number of nitrogens with one attached hydrogen (secondary N) is 2. The van der Waals surface area contributed by atoms with Crippen molar-refractivity contribution in [3.63, 3.8) is 0 Å². The van der Waals surface area contributed by atoms with Gasteiger partial charge in [-0.25, -0.2) is 4.79 Å². The Balaban J connectivity index is 1.59. The van der Waals surface area contributed by atoms with E-state index in [1.54, 1.807) is 4.90 Å². The lowest BCUT2D eigenvalue weighted by Gasteiger charge is -2.34. The maximum atomic E-state index is 12.8. The highest BCUT2D eigenvalue weighted by atomic mass is 16.2. The van der Waals surface area contributed by atoms with E-state index in [4.69, 9.17) is 0 Å². The molecule has 3 aliphatic rings. The van der Waals surface area contributed by atoms with Gasteiger partial charge in [0.2, 0.25) is 11.8 Å². The number of imide groups is 1. The molecule has 8 heteroatoms. The Morgan fingerprint density at radius 2 is 1.89 bits per heavy atom. The van der Waals surface area contributed by atoms with Crippen molar-refractivity contribution >= 4 is 23.8 Å². The number of carbonyl (C=O) groups excluding carboxylic acids is 4. The fourth-order valence-corrected chi connectivity index (χ4v) is 4.24. The van der Waals surface area contributed by atoms with E-state index >= 15 is 0 Å². The van der Waals surface area contributed by atoms with E-state index < -0.39 is 11.6 Å². The van der Waals surface area contributed by atoms with E-state index in [9.17, 15) is 19.2 Å². The molecular formula is C19H30N4O4. The summed E-state index contributed by atoms with van der Waals surface area (Å²) < 4.78 is 0. The average Bonchev–Trinajstić information content (AvgIpc) is 2.86. The molecule has 5 amide bonds. The maximum absolute atomic E-state index is 12.8. The number of likely N-dealkylation sites (tertiary alicyclic amines) is 1. The van der Waals surface area contributed by atoms with Crippen molar-refractivity contribution < 1.29 is 19.2 Å². The van der Waals surface area contributed by atoms with Crippen molar-refractivity contribution in [2.24, 2.45) is 5.92 Å². The zero-order valence-corrected chi connectivity index (χ0v) is 16.3. The molecule has 0 aromatic rings. The van der Waals surface area contributed by atoms with Gasteiger partial charge in [-0.05, 0) is 25.7 Å². The molecule has 0 aromatic heterocycles. The van der Waals surface area contributed by atoms with Crippen LogP contribution in [0.2, 0.25) is 0 Å². The second-order valence-corrected chi connectivity index (χ2v) is 8.31. The zero-order valence-electron chi connectivity index (χ0n) is 16.3. The summed E-state index contributed by atoms with van der Waals surface area (Å²) in [4.78, 5) is 52.5. The van der Waals surface area contributed by atoms with Crippen molar-refractivity contribution in [1.29, 1.82) is 0 Å². The van der Waals surface area contributed by atoms with E-state index in [2.05, 4.69) is 10.6 Å². The van der Waals surface area contributed by atoms with Gasteiger partial charge in [-0.2, -0.15) is 0 Å². The predicted octanol–water partition coefficient (Wildman–Crippen LogP) is 1.00. The Morgan fingerprint density at radius 3 is 2.56 bits per heavy atom. The van der Waals surface area contributed by atoms with Crippen LogP contribution in [0.3, 0.4) is 0 Å². The van der Waals surface area contributed by atoms with E-state index in [0.717, 1.165) is 37.0 Å². The lowest BCUT2D eigenvalue weighted by molar-refractivity contribution is -0.140. The molecule has 0 aromatic carbocycles. The molecule has 1 unspecified atom stereocenters. The molecule has 2 N–H and O–H groups in total. The van der Waals surface area contributed by atoms with Gasteiger partial charge in [-0.15, -0.1) is 0 Å². The third-order valence-corrected chi connectivity index (χ3v) is 5.89. The minimum Gasteiger partial charge on any atom is -0.351 e. The minimum absolute atomic E-state index is 0.0253. The number of amides is 5. The van der Waals surface area contributed by atoms with Crippen molar-refractivity contribution in [3.05, 3.63) is 0 Å². The van der Waals surface area contributed by atoms with Crippen molar-refractivity contribution in [2.75, 3.05) is 19.6 Å². The van der Waals surface area contributed by atoms with E-state index in [0.29, 0.717) is 25.9 Å². The highest BCUT2D eigenvalue weighted by Crippen LogP contribution is 2.33. The summed E-state index contributed by atoms with van der Waals surface area (Å²) in [6.07, 6.45) is 5.81. The molecule has 0 radical (unpaired) electrons. The van der Waals surface area contributed by atoms with Crippen LogP contribution in [0.15, 0.2) is 0 Å². The second-order valence-electron chi connectivity index (χ2n) is 8.31. The topological polar surface area (TPSA) is 98.8 Å². The Labute approximate surface area is 160 Å². The van der Waals surface area contributed by atoms with Gasteiger partial charge in [0.1, 0.15) is 12.1 Å². The number of hydrogen-bond donors (Lipinski definition) is 2. The molecule has 8 nitrogen and oxygen atoms in total. The SMILES string of the molecule is CC(C)C(=O)NC1CCCN(C(=O)CN2C(=O)NC3(CCCCC3)C2=O)C1. The van der Waals surface area contributed by atoms with Crippen molar-refractivity contribution in [2.45, 2.75) is 70.4 Å².